The first-order chi connectivity index (χ1) is 12.2. The van der Waals surface area contributed by atoms with E-state index < -0.39 is 0 Å². The first-order valence-electron chi connectivity index (χ1n) is 9.97. The fraction of sp³-hybridized carbons (Fsp3) is 0.667. The van der Waals surface area contributed by atoms with Crippen LogP contribution in [0.25, 0.3) is 0 Å². The van der Waals surface area contributed by atoms with Crippen molar-refractivity contribution in [3.8, 4) is 0 Å². The predicted octanol–water partition coefficient (Wildman–Crippen LogP) is 2.75. The van der Waals surface area contributed by atoms with Gasteiger partial charge in [-0.15, -0.1) is 0 Å². The normalized spacial score (nSPS) is 23.5. The molecule has 0 spiro atoms. The molecule has 2 aliphatic heterocycles. The van der Waals surface area contributed by atoms with Crippen molar-refractivity contribution in [2.24, 2.45) is 11.8 Å². The van der Waals surface area contributed by atoms with Crippen molar-refractivity contribution >= 4 is 5.91 Å². The molecule has 1 N–H and O–H groups in total. The van der Waals surface area contributed by atoms with Gasteiger partial charge in [-0.3, -0.25) is 9.69 Å². The van der Waals surface area contributed by atoms with E-state index in [1.165, 1.54) is 31.5 Å². The van der Waals surface area contributed by atoms with E-state index in [-0.39, 0.29) is 11.8 Å². The van der Waals surface area contributed by atoms with Gasteiger partial charge >= 0.3 is 0 Å². The van der Waals surface area contributed by atoms with Gasteiger partial charge in [0.25, 0.3) is 0 Å². The Morgan fingerprint density at radius 2 is 1.84 bits per heavy atom. The van der Waals surface area contributed by atoms with Crippen molar-refractivity contribution in [2.75, 3.05) is 39.3 Å². The summed E-state index contributed by atoms with van der Waals surface area (Å²) in [4.78, 5) is 17.4. The number of amides is 1. The standard InChI is InChI=1S/C21H33N3O/c1-18-6-5-12-23(16-18)15-11-22-21(25)20-9-13-24(14-10-20)17-19-7-3-2-4-8-19/h2-4,7-8,18,20H,5-6,9-17H2,1H3,(H,22,25). The smallest absolute Gasteiger partial charge is 0.223 e. The summed E-state index contributed by atoms with van der Waals surface area (Å²) in [7, 11) is 0. The molecule has 1 aromatic carbocycles. The van der Waals surface area contributed by atoms with E-state index in [1.807, 2.05) is 0 Å². The van der Waals surface area contributed by atoms with Crippen molar-refractivity contribution in [2.45, 2.75) is 39.2 Å². The van der Waals surface area contributed by atoms with Gasteiger partial charge in [0.1, 0.15) is 0 Å². The monoisotopic (exact) mass is 343 g/mol. The van der Waals surface area contributed by atoms with Crippen LogP contribution in [0.1, 0.15) is 38.2 Å². The molecule has 1 amide bonds. The molecule has 1 atom stereocenters. The average Bonchev–Trinajstić information content (AvgIpc) is 2.63. The Balaban J connectivity index is 1.32. The summed E-state index contributed by atoms with van der Waals surface area (Å²) in [6.07, 6.45) is 4.62. The Labute approximate surface area is 152 Å². The summed E-state index contributed by atoms with van der Waals surface area (Å²) in [6.45, 7) is 9.56. The number of piperidine rings is 2. The van der Waals surface area contributed by atoms with Gasteiger partial charge in [0.05, 0.1) is 0 Å². The SMILES string of the molecule is CC1CCCN(CCNC(=O)C2CCN(Cc3ccccc3)CC2)C1. The van der Waals surface area contributed by atoms with Gasteiger partial charge in [-0.1, -0.05) is 37.3 Å². The Morgan fingerprint density at radius 3 is 2.56 bits per heavy atom. The van der Waals surface area contributed by atoms with Crippen LogP contribution in [0.2, 0.25) is 0 Å². The summed E-state index contributed by atoms with van der Waals surface area (Å²) >= 11 is 0. The lowest BCUT2D eigenvalue weighted by molar-refractivity contribution is -0.126. The molecule has 2 heterocycles. The fourth-order valence-corrected chi connectivity index (χ4v) is 4.17. The van der Waals surface area contributed by atoms with Crippen LogP contribution in [0.3, 0.4) is 0 Å². The summed E-state index contributed by atoms with van der Waals surface area (Å²) in [5, 5.41) is 3.18. The zero-order chi connectivity index (χ0) is 17.5. The molecule has 4 heteroatoms. The van der Waals surface area contributed by atoms with E-state index in [2.05, 4.69) is 52.4 Å². The molecule has 3 rings (SSSR count). The van der Waals surface area contributed by atoms with Crippen LogP contribution in [0.15, 0.2) is 30.3 Å². The number of benzene rings is 1. The van der Waals surface area contributed by atoms with E-state index >= 15 is 0 Å². The highest BCUT2D eigenvalue weighted by Crippen LogP contribution is 2.19. The van der Waals surface area contributed by atoms with Crippen molar-refractivity contribution in [3.63, 3.8) is 0 Å². The molecule has 0 saturated carbocycles. The van der Waals surface area contributed by atoms with Crippen LogP contribution in [0.5, 0.6) is 0 Å². The topological polar surface area (TPSA) is 35.6 Å². The minimum absolute atomic E-state index is 0.201. The summed E-state index contributed by atoms with van der Waals surface area (Å²) in [5.41, 5.74) is 1.36. The summed E-state index contributed by atoms with van der Waals surface area (Å²) < 4.78 is 0. The molecule has 25 heavy (non-hydrogen) atoms. The van der Waals surface area contributed by atoms with Crippen molar-refractivity contribution in [1.29, 1.82) is 0 Å². The van der Waals surface area contributed by atoms with E-state index in [0.717, 1.165) is 51.5 Å². The second kappa shape index (κ2) is 9.35. The van der Waals surface area contributed by atoms with Crippen molar-refractivity contribution in [1.82, 2.24) is 15.1 Å². The fourth-order valence-electron chi connectivity index (χ4n) is 4.17. The Morgan fingerprint density at radius 1 is 1.08 bits per heavy atom. The zero-order valence-electron chi connectivity index (χ0n) is 15.6. The van der Waals surface area contributed by atoms with E-state index in [1.54, 1.807) is 0 Å². The van der Waals surface area contributed by atoms with Crippen LogP contribution >= 0.6 is 0 Å². The van der Waals surface area contributed by atoms with Gasteiger partial charge in [0, 0.05) is 32.1 Å². The third kappa shape index (κ3) is 5.82. The number of rotatable bonds is 6. The van der Waals surface area contributed by atoms with Gasteiger partial charge in [0.2, 0.25) is 5.91 Å². The molecule has 0 aromatic heterocycles. The van der Waals surface area contributed by atoms with Gasteiger partial charge in [0.15, 0.2) is 0 Å². The number of nitrogens with zero attached hydrogens (tertiary/aromatic N) is 2. The molecule has 1 aromatic rings. The number of hydrogen-bond donors (Lipinski definition) is 1. The second-order valence-corrected chi connectivity index (χ2v) is 7.88. The maximum atomic E-state index is 12.4. The molecular formula is C21H33N3O. The minimum Gasteiger partial charge on any atom is -0.355 e. The van der Waals surface area contributed by atoms with Crippen LogP contribution < -0.4 is 5.32 Å². The minimum atomic E-state index is 0.201. The van der Waals surface area contributed by atoms with Crippen LogP contribution in [0, 0.1) is 11.8 Å². The highest BCUT2D eigenvalue weighted by molar-refractivity contribution is 5.78. The lowest BCUT2D eigenvalue weighted by Crippen LogP contribution is -2.43. The molecule has 138 valence electrons. The maximum absolute atomic E-state index is 12.4. The van der Waals surface area contributed by atoms with Gasteiger partial charge < -0.3 is 10.2 Å². The zero-order valence-corrected chi connectivity index (χ0v) is 15.6. The Hall–Kier alpha value is -1.39. The Kier molecular flexibility index (Phi) is 6.88. The van der Waals surface area contributed by atoms with Gasteiger partial charge in [-0.05, 0) is 56.8 Å². The predicted molar refractivity (Wildman–Crippen MR) is 102 cm³/mol. The van der Waals surface area contributed by atoms with Crippen molar-refractivity contribution < 1.29 is 4.79 Å². The largest absolute Gasteiger partial charge is 0.355 e. The molecular weight excluding hydrogens is 310 g/mol. The lowest BCUT2D eigenvalue weighted by Gasteiger charge is -2.32. The van der Waals surface area contributed by atoms with E-state index in [9.17, 15) is 4.79 Å². The van der Waals surface area contributed by atoms with Gasteiger partial charge in [-0.25, -0.2) is 0 Å². The molecule has 0 radical (unpaired) electrons. The third-order valence-electron chi connectivity index (χ3n) is 5.68. The molecule has 0 aliphatic carbocycles. The molecule has 4 nitrogen and oxygen atoms in total. The quantitative estimate of drug-likeness (QED) is 0.863. The highest BCUT2D eigenvalue weighted by atomic mass is 16.1. The molecule has 2 aliphatic rings. The summed E-state index contributed by atoms with van der Waals surface area (Å²) in [5.74, 6) is 1.27. The molecule has 2 saturated heterocycles. The average molecular weight is 344 g/mol. The van der Waals surface area contributed by atoms with Gasteiger partial charge in [-0.2, -0.15) is 0 Å². The first-order valence-corrected chi connectivity index (χ1v) is 9.97. The molecule has 2 fully saturated rings. The Bertz CT molecular complexity index is 525. The number of likely N-dealkylation sites (tertiary alicyclic amines) is 2. The maximum Gasteiger partial charge on any atom is 0.223 e. The van der Waals surface area contributed by atoms with E-state index in [0.29, 0.717) is 0 Å². The van der Waals surface area contributed by atoms with Crippen LogP contribution in [-0.2, 0) is 11.3 Å². The number of nitrogens with one attached hydrogen (secondary N) is 1. The summed E-state index contributed by atoms with van der Waals surface area (Å²) in [6, 6.07) is 10.6. The third-order valence-corrected chi connectivity index (χ3v) is 5.68. The van der Waals surface area contributed by atoms with Crippen LogP contribution in [0.4, 0.5) is 0 Å². The molecule has 0 bridgehead atoms. The highest BCUT2D eigenvalue weighted by Gasteiger charge is 2.25. The second-order valence-electron chi connectivity index (χ2n) is 7.88. The first kappa shape index (κ1) is 18.4. The lowest BCUT2D eigenvalue weighted by atomic mass is 9.95. The molecule has 1 unspecified atom stereocenters. The van der Waals surface area contributed by atoms with Crippen LogP contribution in [-0.4, -0.2) is 55.0 Å². The van der Waals surface area contributed by atoms with Crippen molar-refractivity contribution in [3.05, 3.63) is 35.9 Å². The van der Waals surface area contributed by atoms with E-state index in [4.69, 9.17) is 0 Å². The number of carbonyl (C=O) groups excluding carboxylic acids is 1. The number of hydrogen-bond acceptors (Lipinski definition) is 3. The number of carbonyl (C=O) groups is 1.